The normalized spacial score (nSPS) is 11.6. The Labute approximate surface area is 214 Å². The lowest BCUT2D eigenvalue weighted by molar-refractivity contribution is -0.143. The highest BCUT2D eigenvalue weighted by atomic mass is 16.5. The number of nitrogens with two attached hydrogens (primary N) is 1. The topological polar surface area (TPSA) is 161 Å². The number of ether oxygens (including phenoxy) is 1. The molecular weight excluding hydrogens is 474 g/mol. The van der Waals surface area contributed by atoms with Crippen LogP contribution in [0.15, 0.2) is 77.2 Å². The summed E-state index contributed by atoms with van der Waals surface area (Å²) in [7, 11) is 1.26. The maximum atomic E-state index is 12.7. The highest BCUT2D eigenvalue weighted by Gasteiger charge is 2.22. The highest BCUT2D eigenvalue weighted by molar-refractivity contribution is 5.96. The minimum absolute atomic E-state index is 0.266. The van der Waals surface area contributed by atoms with Gasteiger partial charge in [-0.3, -0.25) is 14.6 Å². The first kappa shape index (κ1) is 26.9. The lowest BCUT2D eigenvalue weighted by Gasteiger charge is -2.16. The van der Waals surface area contributed by atoms with Crippen LogP contribution in [0.3, 0.4) is 0 Å². The number of pyridine rings is 2. The molecule has 4 N–H and O–H groups in total. The van der Waals surface area contributed by atoms with Crippen molar-refractivity contribution in [2.45, 2.75) is 31.8 Å². The molecule has 2 heterocycles. The quantitative estimate of drug-likeness (QED) is 0.148. The largest absolute Gasteiger partial charge is 0.467 e. The molecule has 0 spiro atoms. The molecule has 0 radical (unpaired) electrons. The van der Waals surface area contributed by atoms with Crippen molar-refractivity contribution in [1.29, 1.82) is 0 Å². The van der Waals surface area contributed by atoms with E-state index in [4.69, 9.17) is 10.5 Å². The number of nitrogens with zero attached hydrogens (tertiary/aromatic N) is 4. The average Bonchev–Trinajstić information content (AvgIpc) is 2.93. The Bertz CT molecular complexity index is 1220. The molecule has 0 aliphatic carbocycles. The molecule has 1 atom stereocenters. The highest BCUT2D eigenvalue weighted by Crippen LogP contribution is 2.15. The molecule has 0 bridgehead atoms. The summed E-state index contributed by atoms with van der Waals surface area (Å²) in [4.78, 5) is 45.0. The number of nitrogens with one attached hydrogen (secondary N) is 2. The zero-order chi connectivity index (χ0) is 26.5. The van der Waals surface area contributed by atoms with Crippen LogP contribution in [-0.4, -0.2) is 47.4 Å². The predicted octanol–water partition coefficient (Wildman–Crippen LogP) is 3.21. The van der Waals surface area contributed by atoms with Gasteiger partial charge in [0.05, 0.1) is 19.2 Å². The molecule has 3 aromatic rings. The third-order valence-electron chi connectivity index (χ3n) is 5.37. The van der Waals surface area contributed by atoms with Crippen LogP contribution in [0.2, 0.25) is 0 Å². The molecule has 3 rings (SSSR count). The molecule has 0 aliphatic heterocycles. The number of anilines is 1. The fraction of sp³-hybridized carbons (Fsp3) is 0.269. The third kappa shape index (κ3) is 8.49. The number of hydrogen-bond acceptors (Lipinski definition) is 9. The van der Waals surface area contributed by atoms with Crippen LogP contribution in [0.1, 0.15) is 45.7 Å². The number of benzene rings is 1. The average molecular weight is 504 g/mol. The fourth-order valence-electron chi connectivity index (χ4n) is 3.34. The molecule has 1 aromatic carbocycles. The Morgan fingerprint density at radius 1 is 1.00 bits per heavy atom. The maximum Gasteiger partial charge on any atom is 0.328 e. The van der Waals surface area contributed by atoms with Crippen molar-refractivity contribution in [2.24, 2.45) is 10.2 Å². The number of para-hydroxylation sites is 1. The number of nitrogen functional groups attached to an aromatic ring is 1. The number of rotatable bonds is 12. The number of azo groups is 1. The zero-order valence-electron chi connectivity index (χ0n) is 20.5. The standard InChI is InChI=1S/C26H29N7O4/c1-37-26(36)22(11-5-7-15-29-25(35)21-10-4-6-14-28-21)32-24(34)19-12-13-23(30-16-19)33-31-17-18-8-2-3-9-20(18)27/h2-4,6,8-10,12-14,16,22H,5,7,11,15,17,27H2,1H3,(H,29,35)(H,32,34). The van der Waals surface area contributed by atoms with Gasteiger partial charge in [0.15, 0.2) is 5.82 Å². The molecule has 0 fully saturated rings. The maximum absolute atomic E-state index is 12.7. The Morgan fingerprint density at radius 2 is 1.81 bits per heavy atom. The Kier molecular flexibility index (Phi) is 10.2. The monoisotopic (exact) mass is 503 g/mol. The summed E-state index contributed by atoms with van der Waals surface area (Å²) in [6, 6.07) is 14.7. The minimum Gasteiger partial charge on any atom is -0.467 e. The van der Waals surface area contributed by atoms with E-state index in [1.165, 1.54) is 13.3 Å². The van der Waals surface area contributed by atoms with E-state index in [1.807, 2.05) is 18.2 Å². The SMILES string of the molecule is COC(=O)C(CCCCNC(=O)c1ccccn1)NC(=O)c1ccc(N=NCc2ccccc2N)nc1. The number of methoxy groups -OCH3 is 1. The molecule has 0 aliphatic rings. The van der Waals surface area contributed by atoms with Gasteiger partial charge in [-0.1, -0.05) is 24.3 Å². The minimum atomic E-state index is -0.834. The molecular formula is C26H29N7O4. The summed E-state index contributed by atoms with van der Waals surface area (Å²) in [5.41, 5.74) is 7.98. The number of esters is 1. The van der Waals surface area contributed by atoms with Crippen LogP contribution in [0.25, 0.3) is 0 Å². The van der Waals surface area contributed by atoms with Gasteiger partial charge >= 0.3 is 5.97 Å². The van der Waals surface area contributed by atoms with E-state index in [1.54, 1.807) is 42.6 Å². The van der Waals surface area contributed by atoms with Crippen LogP contribution >= 0.6 is 0 Å². The second-order valence-electron chi connectivity index (χ2n) is 8.02. The van der Waals surface area contributed by atoms with Gasteiger partial charge in [0.1, 0.15) is 11.7 Å². The molecule has 1 unspecified atom stereocenters. The lowest BCUT2D eigenvalue weighted by atomic mass is 10.1. The fourth-order valence-corrected chi connectivity index (χ4v) is 3.34. The molecule has 2 aromatic heterocycles. The first-order valence-electron chi connectivity index (χ1n) is 11.7. The second-order valence-corrected chi connectivity index (χ2v) is 8.02. The number of aromatic nitrogens is 2. The predicted molar refractivity (Wildman–Crippen MR) is 137 cm³/mol. The van der Waals surface area contributed by atoms with Crippen LogP contribution in [0.5, 0.6) is 0 Å². The van der Waals surface area contributed by atoms with Crippen LogP contribution < -0.4 is 16.4 Å². The van der Waals surface area contributed by atoms with Crippen molar-refractivity contribution in [2.75, 3.05) is 19.4 Å². The van der Waals surface area contributed by atoms with E-state index in [9.17, 15) is 14.4 Å². The Morgan fingerprint density at radius 3 is 2.51 bits per heavy atom. The third-order valence-corrected chi connectivity index (χ3v) is 5.37. The Balaban J connectivity index is 1.46. The number of carbonyl (C=O) groups is 3. The van der Waals surface area contributed by atoms with E-state index in [0.717, 1.165) is 5.56 Å². The summed E-state index contributed by atoms with van der Waals surface area (Å²) in [6.45, 7) is 0.721. The van der Waals surface area contributed by atoms with Crippen molar-refractivity contribution in [3.8, 4) is 0 Å². The molecule has 11 nitrogen and oxygen atoms in total. The summed E-state index contributed by atoms with van der Waals surface area (Å²) >= 11 is 0. The van der Waals surface area contributed by atoms with Gasteiger partial charge in [-0.2, -0.15) is 5.11 Å². The Hall–Kier alpha value is -4.67. The van der Waals surface area contributed by atoms with Crippen molar-refractivity contribution in [3.05, 3.63) is 83.8 Å². The smallest absolute Gasteiger partial charge is 0.328 e. The first-order valence-corrected chi connectivity index (χ1v) is 11.7. The number of amides is 2. The second kappa shape index (κ2) is 14.0. The number of carbonyl (C=O) groups excluding carboxylic acids is 3. The molecule has 192 valence electrons. The van der Waals surface area contributed by atoms with Crippen molar-refractivity contribution < 1.29 is 19.1 Å². The van der Waals surface area contributed by atoms with Gasteiger partial charge in [0.25, 0.3) is 11.8 Å². The van der Waals surface area contributed by atoms with Crippen molar-refractivity contribution in [1.82, 2.24) is 20.6 Å². The van der Waals surface area contributed by atoms with E-state index in [0.29, 0.717) is 49.6 Å². The number of hydrogen-bond donors (Lipinski definition) is 3. The van der Waals surface area contributed by atoms with Gasteiger partial charge in [0.2, 0.25) is 0 Å². The summed E-state index contributed by atoms with van der Waals surface area (Å²) in [5, 5.41) is 13.6. The van der Waals surface area contributed by atoms with Gasteiger partial charge in [-0.05, 0) is 55.2 Å². The van der Waals surface area contributed by atoms with Crippen LogP contribution in [-0.2, 0) is 16.1 Å². The van der Waals surface area contributed by atoms with E-state index < -0.39 is 17.9 Å². The summed E-state index contributed by atoms with van der Waals surface area (Å²) < 4.78 is 4.83. The van der Waals surface area contributed by atoms with E-state index >= 15 is 0 Å². The van der Waals surface area contributed by atoms with Crippen LogP contribution in [0, 0.1) is 0 Å². The summed E-state index contributed by atoms with van der Waals surface area (Å²) in [5.74, 6) is -0.947. The molecule has 0 saturated carbocycles. The van der Waals surface area contributed by atoms with Crippen LogP contribution in [0.4, 0.5) is 11.5 Å². The van der Waals surface area contributed by atoms with Crippen molar-refractivity contribution >= 4 is 29.3 Å². The van der Waals surface area contributed by atoms with Gasteiger partial charge in [-0.15, -0.1) is 5.11 Å². The first-order chi connectivity index (χ1) is 18.0. The molecule has 2 amide bonds. The van der Waals surface area contributed by atoms with Gasteiger partial charge < -0.3 is 21.1 Å². The lowest BCUT2D eigenvalue weighted by Crippen LogP contribution is -2.41. The molecule has 37 heavy (non-hydrogen) atoms. The zero-order valence-corrected chi connectivity index (χ0v) is 20.5. The van der Waals surface area contributed by atoms with Crippen molar-refractivity contribution in [3.63, 3.8) is 0 Å². The van der Waals surface area contributed by atoms with E-state index in [-0.39, 0.29) is 11.5 Å². The number of unbranched alkanes of at least 4 members (excludes halogenated alkanes) is 1. The molecule has 11 heteroatoms. The van der Waals surface area contributed by atoms with E-state index in [2.05, 4.69) is 30.8 Å². The summed E-state index contributed by atoms with van der Waals surface area (Å²) in [6.07, 6.45) is 4.44. The van der Waals surface area contributed by atoms with Gasteiger partial charge in [-0.25, -0.2) is 9.78 Å². The van der Waals surface area contributed by atoms with Gasteiger partial charge in [0, 0.05) is 24.6 Å². The molecule has 0 saturated heterocycles.